The van der Waals surface area contributed by atoms with E-state index in [1.54, 1.807) is 0 Å². The summed E-state index contributed by atoms with van der Waals surface area (Å²) in [4.78, 5) is 37.8. The zero-order valence-electron chi connectivity index (χ0n) is 36.9. The Morgan fingerprint density at radius 3 is 1.16 bits per heavy atom. The third-order valence-electron chi connectivity index (χ3n) is 10.1. The average molecular weight is 785 g/mol. The summed E-state index contributed by atoms with van der Waals surface area (Å²) in [5.41, 5.74) is 0. The minimum atomic E-state index is -0.778. The van der Waals surface area contributed by atoms with Crippen LogP contribution < -0.4 is 0 Å². The van der Waals surface area contributed by atoms with Gasteiger partial charge in [0, 0.05) is 19.3 Å². The smallest absolute Gasteiger partial charge is 0.306 e. The van der Waals surface area contributed by atoms with Gasteiger partial charge in [-0.2, -0.15) is 0 Å². The van der Waals surface area contributed by atoms with E-state index >= 15 is 0 Å². The first-order chi connectivity index (χ1) is 27.5. The highest BCUT2D eigenvalue weighted by Gasteiger charge is 2.19. The van der Waals surface area contributed by atoms with Crippen LogP contribution in [0.2, 0.25) is 0 Å². The lowest BCUT2D eigenvalue weighted by Crippen LogP contribution is -2.30. The van der Waals surface area contributed by atoms with Crippen molar-refractivity contribution in [2.24, 2.45) is 0 Å². The molecule has 56 heavy (non-hydrogen) atoms. The number of carbonyl (C=O) groups is 3. The van der Waals surface area contributed by atoms with E-state index in [2.05, 4.69) is 69.4 Å². The van der Waals surface area contributed by atoms with Crippen molar-refractivity contribution < 1.29 is 28.6 Å². The molecule has 0 aliphatic rings. The maximum atomic E-state index is 12.7. The van der Waals surface area contributed by atoms with Crippen molar-refractivity contribution in [3.8, 4) is 0 Å². The molecule has 6 heteroatoms. The largest absolute Gasteiger partial charge is 0.462 e. The summed E-state index contributed by atoms with van der Waals surface area (Å²) in [7, 11) is 0. The number of unbranched alkanes of at least 4 members (excludes halogenated alkanes) is 23. The molecule has 1 atom stereocenters. The first kappa shape index (κ1) is 53.4. The van der Waals surface area contributed by atoms with Crippen molar-refractivity contribution in [2.75, 3.05) is 13.2 Å². The van der Waals surface area contributed by atoms with Gasteiger partial charge in [-0.3, -0.25) is 14.4 Å². The maximum Gasteiger partial charge on any atom is 0.306 e. The molecule has 0 saturated heterocycles. The Morgan fingerprint density at radius 1 is 0.375 bits per heavy atom. The molecule has 0 aromatic carbocycles. The summed E-state index contributed by atoms with van der Waals surface area (Å²) in [5.74, 6) is -0.906. The number of allylic oxidation sites excluding steroid dienone is 8. The SMILES string of the molecule is CC/C=C\C/C=C\C/C=C\CCCCCCCC(=O)OC[C@H](COC(=O)CCCCCCC/C=C\CCCC)OC(=O)CCCCCCCCCCCCCC. The van der Waals surface area contributed by atoms with Crippen molar-refractivity contribution in [1.82, 2.24) is 0 Å². The van der Waals surface area contributed by atoms with Crippen molar-refractivity contribution in [2.45, 2.75) is 239 Å². The van der Waals surface area contributed by atoms with Gasteiger partial charge in [0.05, 0.1) is 0 Å². The normalized spacial score (nSPS) is 12.4. The fraction of sp³-hybridized carbons (Fsp3) is 0.780. The van der Waals surface area contributed by atoms with E-state index in [4.69, 9.17) is 14.2 Å². The average Bonchev–Trinajstić information content (AvgIpc) is 3.19. The monoisotopic (exact) mass is 785 g/mol. The van der Waals surface area contributed by atoms with Crippen molar-refractivity contribution in [3.05, 3.63) is 48.6 Å². The predicted molar refractivity (Wildman–Crippen MR) is 238 cm³/mol. The molecule has 0 N–H and O–H groups in total. The summed E-state index contributed by atoms with van der Waals surface area (Å²) in [6.07, 6.45) is 52.3. The molecule has 6 nitrogen and oxygen atoms in total. The standard InChI is InChI=1S/C50H88O6/c1-4-7-10-13-16-19-22-24-25-26-29-31-34-37-40-43-49(52)55-46-47(45-54-48(51)42-39-36-33-30-27-21-18-15-12-9-6-3)56-50(53)44-41-38-35-32-28-23-20-17-14-11-8-5-2/h7,10,15-16,18-19,24-25,47H,4-6,8-9,11-14,17,20-23,26-46H2,1-3H3/b10-7-,18-15-,19-16-,25-24-/t47-/m0/s1. The van der Waals surface area contributed by atoms with Crippen LogP contribution in [0.15, 0.2) is 48.6 Å². The Bertz CT molecular complexity index is 996. The molecule has 0 rings (SSSR count). The molecule has 0 spiro atoms. The lowest BCUT2D eigenvalue weighted by atomic mass is 10.0. The van der Waals surface area contributed by atoms with Crippen LogP contribution in [0.3, 0.4) is 0 Å². The van der Waals surface area contributed by atoms with Crippen LogP contribution >= 0.6 is 0 Å². The minimum absolute atomic E-state index is 0.0816. The number of hydrogen-bond donors (Lipinski definition) is 0. The third-order valence-corrected chi connectivity index (χ3v) is 10.1. The summed E-state index contributed by atoms with van der Waals surface area (Å²) in [5, 5.41) is 0. The lowest BCUT2D eigenvalue weighted by molar-refractivity contribution is -0.167. The van der Waals surface area contributed by atoms with Gasteiger partial charge in [-0.25, -0.2) is 0 Å². The first-order valence-electron chi connectivity index (χ1n) is 23.6. The second kappa shape index (κ2) is 45.1. The Hall–Kier alpha value is -2.63. The number of rotatable bonds is 42. The second-order valence-corrected chi connectivity index (χ2v) is 15.6. The topological polar surface area (TPSA) is 78.9 Å². The molecule has 0 bridgehead atoms. The first-order valence-corrected chi connectivity index (χ1v) is 23.6. The summed E-state index contributed by atoms with van der Waals surface area (Å²) >= 11 is 0. The van der Waals surface area contributed by atoms with Crippen molar-refractivity contribution in [3.63, 3.8) is 0 Å². The van der Waals surface area contributed by atoms with Crippen molar-refractivity contribution >= 4 is 17.9 Å². The summed E-state index contributed by atoms with van der Waals surface area (Å²) in [6.45, 7) is 6.46. The lowest BCUT2D eigenvalue weighted by Gasteiger charge is -2.18. The van der Waals surface area contributed by atoms with Crippen LogP contribution in [-0.2, 0) is 28.6 Å². The molecule has 0 aromatic heterocycles. The van der Waals surface area contributed by atoms with Gasteiger partial charge < -0.3 is 14.2 Å². The van der Waals surface area contributed by atoms with Gasteiger partial charge in [-0.1, -0.05) is 191 Å². The quantitative estimate of drug-likeness (QED) is 0.0265. The van der Waals surface area contributed by atoms with Crippen LogP contribution in [0.25, 0.3) is 0 Å². The van der Waals surface area contributed by atoms with E-state index in [1.165, 1.54) is 89.9 Å². The van der Waals surface area contributed by atoms with Crippen LogP contribution in [-0.4, -0.2) is 37.2 Å². The van der Waals surface area contributed by atoms with Crippen molar-refractivity contribution in [1.29, 1.82) is 0 Å². The zero-order valence-corrected chi connectivity index (χ0v) is 36.9. The highest BCUT2D eigenvalue weighted by Crippen LogP contribution is 2.14. The van der Waals surface area contributed by atoms with Gasteiger partial charge in [0.25, 0.3) is 0 Å². The fourth-order valence-electron chi connectivity index (χ4n) is 6.50. The van der Waals surface area contributed by atoms with Crippen LogP contribution in [0, 0.1) is 0 Å². The van der Waals surface area contributed by atoms with E-state index in [-0.39, 0.29) is 31.1 Å². The Kier molecular flexibility index (Phi) is 43.0. The van der Waals surface area contributed by atoms with Gasteiger partial charge in [0.15, 0.2) is 6.10 Å². The van der Waals surface area contributed by atoms with E-state index in [0.717, 1.165) is 103 Å². The summed E-state index contributed by atoms with van der Waals surface area (Å²) < 4.78 is 16.7. The van der Waals surface area contributed by atoms with Gasteiger partial charge in [0.2, 0.25) is 0 Å². The number of hydrogen-bond acceptors (Lipinski definition) is 6. The van der Waals surface area contributed by atoms with Crippen LogP contribution in [0.1, 0.15) is 233 Å². The molecular formula is C50H88O6. The molecule has 0 unspecified atom stereocenters. The van der Waals surface area contributed by atoms with E-state index in [0.29, 0.717) is 19.3 Å². The molecule has 324 valence electrons. The molecule has 0 aromatic rings. The van der Waals surface area contributed by atoms with Gasteiger partial charge >= 0.3 is 17.9 Å². The Labute approximate surface area is 346 Å². The zero-order chi connectivity index (χ0) is 40.8. The van der Waals surface area contributed by atoms with Gasteiger partial charge in [-0.15, -0.1) is 0 Å². The fourth-order valence-corrected chi connectivity index (χ4v) is 6.50. The third kappa shape index (κ3) is 42.5. The molecule has 0 amide bonds. The minimum Gasteiger partial charge on any atom is -0.462 e. The predicted octanol–water partition coefficient (Wildman–Crippen LogP) is 15.1. The van der Waals surface area contributed by atoms with Gasteiger partial charge in [-0.05, 0) is 70.6 Å². The molecule has 0 heterocycles. The van der Waals surface area contributed by atoms with Gasteiger partial charge in [0.1, 0.15) is 13.2 Å². The molecule has 0 aliphatic carbocycles. The highest BCUT2D eigenvalue weighted by molar-refractivity contribution is 5.71. The molecule has 0 fully saturated rings. The number of esters is 3. The second-order valence-electron chi connectivity index (χ2n) is 15.6. The molecule has 0 aliphatic heterocycles. The molecule has 0 radical (unpaired) electrons. The Morgan fingerprint density at radius 2 is 0.714 bits per heavy atom. The van der Waals surface area contributed by atoms with E-state index in [1.807, 2.05) is 0 Å². The summed E-state index contributed by atoms with van der Waals surface area (Å²) in [6, 6.07) is 0. The number of ether oxygens (including phenoxy) is 3. The Balaban J connectivity index is 4.39. The van der Waals surface area contributed by atoms with E-state index in [9.17, 15) is 14.4 Å². The molecular weight excluding hydrogens is 697 g/mol. The van der Waals surface area contributed by atoms with Crippen LogP contribution in [0.5, 0.6) is 0 Å². The van der Waals surface area contributed by atoms with Crippen LogP contribution in [0.4, 0.5) is 0 Å². The number of carbonyl (C=O) groups excluding carboxylic acids is 3. The maximum absolute atomic E-state index is 12.7. The molecule has 0 saturated carbocycles. The van der Waals surface area contributed by atoms with E-state index < -0.39 is 6.10 Å². The highest BCUT2D eigenvalue weighted by atomic mass is 16.6.